The quantitative estimate of drug-likeness (QED) is 0.709. The monoisotopic (exact) mass is 216 g/mol. The Morgan fingerprint density at radius 1 is 1.21 bits per heavy atom. The van der Waals surface area contributed by atoms with Gasteiger partial charge in [0.15, 0.2) is 0 Å². The van der Waals surface area contributed by atoms with Crippen LogP contribution in [0.4, 0.5) is 0 Å². The lowest BCUT2D eigenvalue weighted by Gasteiger charge is -2.31. The molecule has 0 aromatic rings. The summed E-state index contributed by atoms with van der Waals surface area (Å²) in [5, 5.41) is 0. The largest absolute Gasteiger partial charge is 0.378 e. The Labute approximate surface area is 94.0 Å². The Balaban J connectivity index is 2.23. The fourth-order valence-electron chi connectivity index (χ4n) is 2.36. The molecule has 0 amide bonds. The Morgan fingerprint density at radius 2 is 1.79 bits per heavy atom. The molecule has 0 bridgehead atoms. The van der Waals surface area contributed by atoms with E-state index in [1.807, 2.05) is 0 Å². The lowest BCUT2D eigenvalue weighted by atomic mass is 9.82. The van der Waals surface area contributed by atoms with Gasteiger partial charge in [-0.05, 0) is 42.8 Å². The molecule has 1 fully saturated rings. The first-order chi connectivity index (χ1) is 6.61. The molecule has 0 spiro atoms. The van der Waals surface area contributed by atoms with Crippen LogP contribution in [0.3, 0.4) is 0 Å². The molecule has 0 aromatic carbocycles. The van der Waals surface area contributed by atoms with E-state index in [1.165, 1.54) is 19.3 Å². The summed E-state index contributed by atoms with van der Waals surface area (Å²) in [5.74, 6) is 3.20. The van der Waals surface area contributed by atoms with Crippen molar-refractivity contribution in [3.8, 4) is 0 Å². The fraction of sp³-hybridized carbons (Fsp3) is 1.00. The first kappa shape index (κ1) is 12.4. The zero-order chi connectivity index (χ0) is 10.6. The van der Waals surface area contributed by atoms with E-state index in [2.05, 4.69) is 33.4 Å². The summed E-state index contributed by atoms with van der Waals surface area (Å²) in [4.78, 5) is 0. The van der Waals surface area contributed by atoms with Gasteiger partial charge in [0.25, 0.3) is 0 Å². The van der Waals surface area contributed by atoms with Crippen LogP contribution < -0.4 is 0 Å². The van der Waals surface area contributed by atoms with Crippen LogP contribution in [0.15, 0.2) is 0 Å². The van der Waals surface area contributed by atoms with Crippen molar-refractivity contribution in [1.82, 2.24) is 0 Å². The average molecular weight is 216 g/mol. The highest BCUT2D eigenvalue weighted by atomic mass is 32.1. The minimum absolute atomic E-state index is 0.510. The molecule has 0 radical (unpaired) electrons. The molecular weight excluding hydrogens is 192 g/mol. The van der Waals surface area contributed by atoms with Crippen LogP contribution in [0, 0.1) is 17.8 Å². The molecule has 1 aliphatic carbocycles. The van der Waals surface area contributed by atoms with Crippen molar-refractivity contribution in [3.63, 3.8) is 0 Å². The Morgan fingerprint density at radius 3 is 2.29 bits per heavy atom. The van der Waals surface area contributed by atoms with Crippen molar-refractivity contribution in [2.75, 3.05) is 12.4 Å². The van der Waals surface area contributed by atoms with Gasteiger partial charge < -0.3 is 4.74 Å². The molecule has 84 valence electrons. The maximum atomic E-state index is 5.93. The van der Waals surface area contributed by atoms with E-state index in [1.54, 1.807) is 0 Å². The second-order valence-electron chi connectivity index (χ2n) is 5.16. The smallest absolute Gasteiger partial charge is 0.0580 e. The molecule has 2 heteroatoms. The van der Waals surface area contributed by atoms with Gasteiger partial charge in [-0.1, -0.05) is 20.8 Å². The number of hydrogen-bond donors (Lipinski definition) is 1. The summed E-state index contributed by atoms with van der Waals surface area (Å²) in [5.41, 5.74) is 0. The fourth-order valence-corrected chi connectivity index (χ4v) is 2.47. The lowest BCUT2D eigenvalue weighted by molar-refractivity contribution is -0.0103. The molecule has 0 aliphatic heterocycles. The maximum Gasteiger partial charge on any atom is 0.0580 e. The molecule has 3 atom stereocenters. The highest BCUT2D eigenvalue weighted by molar-refractivity contribution is 7.80. The van der Waals surface area contributed by atoms with Crippen LogP contribution in [0.1, 0.15) is 40.0 Å². The number of rotatable bonds is 4. The zero-order valence-electron chi connectivity index (χ0n) is 9.70. The van der Waals surface area contributed by atoms with Gasteiger partial charge in [0.05, 0.1) is 12.7 Å². The Hall–Kier alpha value is 0.310. The van der Waals surface area contributed by atoms with Gasteiger partial charge in [0.2, 0.25) is 0 Å². The van der Waals surface area contributed by atoms with Crippen LogP contribution in [-0.4, -0.2) is 18.5 Å². The Kier molecular flexibility index (Phi) is 5.32. The second-order valence-corrected chi connectivity index (χ2v) is 5.53. The highest BCUT2D eigenvalue weighted by Gasteiger charge is 2.24. The molecule has 1 nitrogen and oxygen atoms in total. The van der Waals surface area contributed by atoms with Crippen LogP contribution in [-0.2, 0) is 4.74 Å². The summed E-state index contributed by atoms with van der Waals surface area (Å²) in [6, 6.07) is 0. The first-order valence-corrected chi connectivity index (χ1v) is 6.47. The molecule has 1 rings (SSSR count). The standard InChI is InChI=1S/C12H24OS/c1-9-4-10(2)6-12(5-9)13-7-11(3)8-14/h9-12,14H,4-8H2,1-3H3. The summed E-state index contributed by atoms with van der Waals surface area (Å²) >= 11 is 4.27. The molecule has 3 unspecified atom stereocenters. The predicted molar refractivity (Wildman–Crippen MR) is 64.9 cm³/mol. The van der Waals surface area contributed by atoms with E-state index < -0.39 is 0 Å². The molecule has 0 N–H and O–H groups in total. The maximum absolute atomic E-state index is 5.93. The van der Waals surface area contributed by atoms with Crippen molar-refractivity contribution in [2.45, 2.75) is 46.1 Å². The van der Waals surface area contributed by atoms with Crippen LogP contribution in [0.2, 0.25) is 0 Å². The van der Waals surface area contributed by atoms with Gasteiger partial charge >= 0.3 is 0 Å². The molecule has 1 aliphatic rings. The first-order valence-electron chi connectivity index (χ1n) is 5.84. The minimum atomic E-state index is 0.510. The third-order valence-corrected chi connectivity index (χ3v) is 3.69. The van der Waals surface area contributed by atoms with Crippen LogP contribution >= 0.6 is 12.6 Å². The lowest BCUT2D eigenvalue weighted by Crippen LogP contribution is -2.27. The molecular formula is C12H24OS. The van der Waals surface area contributed by atoms with E-state index in [0.29, 0.717) is 12.0 Å². The van der Waals surface area contributed by atoms with Gasteiger partial charge in [-0.2, -0.15) is 12.6 Å². The van der Waals surface area contributed by atoms with Crippen molar-refractivity contribution < 1.29 is 4.74 Å². The van der Waals surface area contributed by atoms with Gasteiger partial charge in [-0.15, -0.1) is 0 Å². The average Bonchev–Trinajstić information content (AvgIpc) is 2.12. The summed E-state index contributed by atoms with van der Waals surface area (Å²) in [6.45, 7) is 7.76. The van der Waals surface area contributed by atoms with Crippen molar-refractivity contribution in [1.29, 1.82) is 0 Å². The van der Waals surface area contributed by atoms with E-state index in [-0.39, 0.29) is 0 Å². The van der Waals surface area contributed by atoms with Gasteiger partial charge in [0.1, 0.15) is 0 Å². The molecule has 1 saturated carbocycles. The molecule has 0 heterocycles. The molecule has 0 saturated heterocycles. The SMILES string of the molecule is CC(CS)COC1CC(C)CC(C)C1. The number of ether oxygens (including phenoxy) is 1. The van der Waals surface area contributed by atoms with Crippen molar-refractivity contribution >= 4 is 12.6 Å². The van der Waals surface area contributed by atoms with Crippen molar-refractivity contribution in [2.24, 2.45) is 17.8 Å². The second kappa shape index (κ2) is 6.02. The third kappa shape index (κ3) is 4.22. The van der Waals surface area contributed by atoms with Gasteiger partial charge in [-0.25, -0.2) is 0 Å². The predicted octanol–water partition coefficient (Wildman–Crippen LogP) is 3.39. The van der Waals surface area contributed by atoms with Crippen molar-refractivity contribution in [3.05, 3.63) is 0 Å². The van der Waals surface area contributed by atoms with Crippen LogP contribution in [0.5, 0.6) is 0 Å². The molecule has 0 aromatic heterocycles. The van der Waals surface area contributed by atoms with Crippen LogP contribution in [0.25, 0.3) is 0 Å². The van der Waals surface area contributed by atoms with E-state index in [9.17, 15) is 0 Å². The topological polar surface area (TPSA) is 9.23 Å². The zero-order valence-corrected chi connectivity index (χ0v) is 10.6. The third-order valence-electron chi connectivity index (χ3n) is 3.06. The van der Waals surface area contributed by atoms with E-state index >= 15 is 0 Å². The summed E-state index contributed by atoms with van der Waals surface area (Å²) < 4.78 is 5.93. The van der Waals surface area contributed by atoms with E-state index in [0.717, 1.165) is 24.2 Å². The Bertz CT molecular complexity index is 150. The number of thiol groups is 1. The van der Waals surface area contributed by atoms with E-state index in [4.69, 9.17) is 4.74 Å². The van der Waals surface area contributed by atoms with Gasteiger partial charge in [0, 0.05) is 0 Å². The normalized spacial score (nSPS) is 35.6. The minimum Gasteiger partial charge on any atom is -0.378 e. The highest BCUT2D eigenvalue weighted by Crippen LogP contribution is 2.30. The molecule has 14 heavy (non-hydrogen) atoms. The summed E-state index contributed by atoms with van der Waals surface area (Å²) in [7, 11) is 0. The van der Waals surface area contributed by atoms with Gasteiger partial charge in [-0.3, -0.25) is 0 Å². The number of hydrogen-bond acceptors (Lipinski definition) is 2. The summed E-state index contributed by atoms with van der Waals surface area (Å²) in [6.07, 6.45) is 4.39.